The van der Waals surface area contributed by atoms with Crippen LogP contribution in [0.15, 0.2) is 35.8 Å². The van der Waals surface area contributed by atoms with Gasteiger partial charge in [-0.1, -0.05) is 12.1 Å². The van der Waals surface area contributed by atoms with Gasteiger partial charge in [0.15, 0.2) is 5.13 Å². The first-order valence-corrected chi connectivity index (χ1v) is 9.29. The highest BCUT2D eigenvalue weighted by Gasteiger charge is 2.26. The van der Waals surface area contributed by atoms with Crippen LogP contribution in [0, 0.1) is 0 Å². The molecule has 2 aromatic rings. The minimum atomic E-state index is 0.0603. The molecule has 128 valence electrons. The Balaban J connectivity index is 1.48. The maximum Gasteiger partial charge on any atom is 0.224 e. The maximum absolute atomic E-state index is 12.2. The highest BCUT2D eigenvalue weighted by atomic mass is 32.1. The van der Waals surface area contributed by atoms with Gasteiger partial charge in [-0.2, -0.15) is 0 Å². The fraction of sp³-hybridized carbons (Fsp3) is 0.444. The van der Waals surface area contributed by atoms with E-state index >= 15 is 0 Å². The minimum absolute atomic E-state index is 0.0603. The molecule has 1 aliphatic heterocycles. The molecule has 3 rings (SSSR count). The first-order valence-electron chi connectivity index (χ1n) is 8.41. The third-order valence-electron chi connectivity index (χ3n) is 4.18. The predicted molar refractivity (Wildman–Crippen MR) is 96.8 cm³/mol. The third kappa shape index (κ3) is 4.26. The van der Waals surface area contributed by atoms with Gasteiger partial charge in [0.25, 0.3) is 0 Å². The number of nitrogens with one attached hydrogen (secondary N) is 1. The van der Waals surface area contributed by atoms with Crippen molar-refractivity contribution >= 4 is 22.4 Å². The van der Waals surface area contributed by atoms with Crippen molar-refractivity contribution in [1.29, 1.82) is 0 Å². The Morgan fingerprint density at radius 3 is 2.96 bits per heavy atom. The van der Waals surface area contributed by atoms with Crippen molar-refractivity contribution in [2.45, 2.75) is 32.2 Å². The quantitative estimate of drug-likeness (QED) is 0.838. The van der Waals surface area contributed by atoms with E-state index in [1.165, 1.54) is 0 Å². The van der Waals surface area contributed by atoms with Gasteiger partial charge in [0.1, 0.15) is 5.75 Å². The summed E-state index contributed by atoms with van der Waals surface area (Å²) >= 11 is 1.66. The average Bonchev–Trinajstić information content (AvgIpc) is 3.26. The zero-order chi connectivity index (χ0) is 16.8. The Hall–Kier alpha value is -2.08. The molecule has 1 aromatic heterocycles. The Labute approximate surface area is 146 Å². The molecule has 5 nitrogen and oxygen atoms in total. The van der Waals surface area contributed by atoms with Crippen LogP contribution in [0.25, 0.3) is 0 Å². The lowest BCUT2D eigenvalue weighted by Crippen LogP contribution is -2.40. The second-order valence-electron chi connectivity index (χ2n) is 5.86. The Morgan fingerprint density at radius 1 is 1.42 bits per heavy atom. The number of benzene rings is 1. The van der Waals surface area contributed by atoms with Gasteiger partial charge in [0, 0.05) is 30.7 Å². The topological polar surface area (TPSA) is 54.5 Å². The van der Waals surface area contributed by atoms with E-state index in [2.05, 4.69) is 15.2 Å². The van der Waals surface area contributed by atoms with Crippen LogP contribution in [0.1, 0.15) is 25.3 Å². The molecule has 24 heavy (non-hydrogen) atoms. The summed E-state index contributed by atoms with van der Waals surface area (Å²) in [6, 6.07) is 8.06. The van der Waals surface area contributed by atoms with Gasteiger partial charge in [-0.3, -0.25) is 4.79 Å². The number of rotatable bonds is 7. The maximum atomic E-state index is 12.2. The first-order chi connectivity index (χ1) is 11.8. The molecule has 1 saturated heterocycles. The van der Waals surface area contributed by atoms with Gasteiger partial charge in [-0.25, -0.2) is 4.98 Å². The molecule has 0 bridgehead atoms. The van der Waals surface area contributed by atoms with E-state index in [9.17, 15) is 4.79 Å². The molecule has 6 heteroatoms. The number of aromatic nitrogens is 1. The monoisotopic (exact) mass is 345 g/mol. The Bertz CT molecular complexity index is 643. The van der Waals surface area contributed by atoms with E-state index in [0.717, 1.165) is 35.8 Å². The number of amides is 1. The van der Waals surface area contributed by atoms with Crippen LogP contribution in [0.5, 0.6) is 5.75 Å². The SMILES string of the molecule is CCOc1ccc(CC(=O)NCC2CCCN2c2nccs2)cc1. The number of ether oxygens (including phenoxy) is 1. The molecule has 1 aromatic carbocycles. The van der Waals surface area contributed by atoms with Crippen LogP contribution in [0.4, 0.5) is 5.13 Å². The number of hydrogen-bond acceptors (Lipinski definition) is 5. The molecule has 1 N–H and O–H groups in total. The lowest BCUT2D eigenvalue weighted by atomic mass is 10.1. The molecular formula is C18H23N3O2S. The van der Waals surface area contributed by atoms with E-state index in [0.29, 0.717) is 25.6 Å². The van der Waals surface area contributed by atoms with Crippen molar-refractivity contribution in [2.24, 2.45) is 0 Å². The van der Waals surface area contributed by atoms with Crippen molar-refractivity contribution < 1.29 is 9.53 Å². The molecular weight excluding hydrogens is 322 g/mol. The molecule has 1 fully saturated rings. The highest BCUT2D eigenvalue weighted by Crippen LogP contribution is 2.26. The number of thiazole rings is 1. The van der Waals surface area contributed by atoms with Crippen molar-refractivity contribution in [2.75, 3.05) is 24.6 Å². The summed E-state index contributed by atoms with van der Waals surface area (Å²) in [6.07, 6.45) is 4.48. The average molecular weight is 345 g/mol. The highest BCUT2D eigenvalue weighted by molar-refractivity contribution is 7.13. The van der Waals surface area contributed by atoms with E-state index in [1.54, 1.807) is 11.3 Å². The molecule has 1 amide bonds. The van der Waals surface area contributed by atoms with Crippen LogP contribution in [-0.4, -0.2) is 36.6 Å². The van der Waals surface area contributed by atoms with Gasteiger partial charge < -0.3 is 15.0 Å². The van der Waals surface area contributed by atoms with Gasteiger partial charge in [-0.15, -0.1) is 11.3 Å². The van der Waals surface area contributed by atoms with Crippen LogP contribution in [0.2, 0.25) is 0 Å². The molecule has 0 spiro atoms. The van der Waals surface area contributed by atoms with Crippen molar-refractivity contribution in [3.63, 3.8) is 0 Å². The molecule has 0 aliphatic carbocycles. The summed E-state index contributed by atoms with van der Waals surface area (Å²) in [5.74, 6) is 0.900. The number of carbonyl (C=O) groups is 1. The molecule has 0 saturated carbocycles. The smallest absolute Gasteiger partial charge is 0.224 e. The Kier molecular flexibility index (Phi) is 5.69. The van der Waals surface area contributed by atoms with Gasteiger partial charge >= 0.3 is 0 Å². The predicted octanol–water partition coefficient (Wildman–Crippen LogP) is 2.87. The zero-order valence-corrected chi connectivity index (χ0v) is 14.7. The van der Waals surface area contributed by atoms with Crippen molar-refractivity contribution in [3.05, 3.63) is 41.4 Å². The van der Waals surface area contributed by atoms with Crippen LogP contribution >= 0.6 is 11.3 Å². The second kappa shape index (κ2) is 8.15. The second-order valence-corrected chi connectivity index (χ2v) is 6.73. The van der Waals surface area contributed by atoms with Gasteiger partial charge in [0.05, 0.1) is 13.0 Å². The fourth-order valence-electron chi connectivity index (χ4n) is 3.01. The van der Waals surface area contributed by atoms with E-state index in [4.69, 9.17) is 4.74 Å². The lowest BCUT2D eigenvalue weighted by Gasteiger charge is -2.24. The standard InChI is InChI=1S/C18H23N3O2S/c1-2-23-16-7-5-14(6-8-16)12-17(22)20-13-15-4-3-10-21(15)18-19-9-11-24-18/h5-9,11,15H,2-4,10,12-13H2,1H3,(H,20,22). The van der Waals surface area contributed by atoms with Gasteiger partial charge in [0.2, 0.25) is 5.91 Å². The number of nitrogens with zero attached hydrogens (tertiary/aromatic N) is 2. The fourth-order valence-corrected chi connectivity index (χ4v) is 3.75. The van der Waals surface area contributed by atoms with Crippen LogP contribution in [0.3, 0.4) is 0 Å². The van der Waals surface area contributed by atoms with E-state index < -0.39 is 0 Å². The summed E-state index contributed by atoms with van der Waals surface area (Å²) in [5.41, 5.74) is 0.999. The van der Waals surface area contributed by atoms with E-state index in [1.807, 2.05) is 42.8 Å². The molecule has 1 aliphatic rings. The summed E-state index contributed by atoms with van der Waals surface area (Å²) in [6.45, 7) is 4.30. The summed E-state index contributed by atoms with van der Waals surface area (Å²) in [5, 5.41) is 6.12. The molecule has 2 heterocycles. The largest absolute Gasteiger partial charge is 0.494 e. The molecule has 1 atom stereocenters. The zero-order valence-electron chi connectivity index (χ0n) is 13.9. The normalized spacial score (nSPS) is 17.0. The van der Waals surface area contributed by atoms with Crippen molar-refractivity contribution in [1.82, 2.24) is 10.3 Å². The number of carbonyl (C=O) groups excluding carboxylic acids is 1. The summed E-state index contributed by atoms with van der Waals surface area (Å²) in [4.78, 5) is 18.9. The van der Waals surface area contributed by atoms with Crippen LogP contribution in [-0.2, 0) is 11.2 Å². The van der Waals surface area contributed by atoms with Crippen LogP contribution < -0.4 is 15.0 Å². The first kappa shape index (κ1) is 16.8. The summed E-state index contributed by atoms with van der Waals surface area (Å²) in [7, 11) is 0. The Morgan fingerprint density at radius 2 is 2.25 bits per heavy atom. The number of anilines is 1. The van der Waals surface area contributed by atoms with E-state index in [-0.39, 0.29) is 5.91 Å². The number of hydrogen-bond donors (Lipinski definition) is 1. The van der Waals surface area contributed by atoms with Gasteiger partial charge in [-0.05, 0) is 37.5 Å². The third-order valence-corrected chi connectivity index (χ3v) is 4.98. The minimum Gasteiger partial charge on any atom is -0.494 e. The molecule has 0 radical (unpaired) electrons. The molecule has 1 unspecified atom stereocenters. The summed E-state index contributed by atoms with van der Waals surface area (Å²) < 4.78 is 5.42. The lowest BCUT2D eigenvalue weighted by molar-refractivity contribution is -0.120. The van der Waals surface area contributed by atoms with Crippen molar-refractivity contribution in [3.8, 4) is 5.75 Å².